The highest BCUT2D eigenvalue weighted by Crippen LogP contribution is 2.27. The van der Waals surface area contributed by atoms with Crippen molar-refractivity contribution in [1.29, 1.82) is 0 Å². The van der Waals surface area contributed by atoms with Gasteiger partial charge in [0, 0.05) is 19.1 Å². The maximum absolute atomic E-state index is 9.23. The molecule has 1 aliphatic carbocycles. The molecule has 0 radical (unpaired) electrons. The summed E-state index contributed by atoms with van der Waals surface area (Å²) in [6, 6.07) is 0.831. The van der Waals surface area contributed by atoms with E-state index in [9.17, 15) is 5.11 Å². The van der Waals surface area contributed by atoms with Crippen molar-refractivity contribution in [2.45, 2.75) is 37.8 Å². The fraction of sp³-hybridized carbons (Fsp3) is 1.00. The van der Waals surface area contributed by atoms with Crippen LogP contribution in [0.5, 0.6) is 0 Å². The molecule has 1 heterocycles. The Morgan fingerprint density at radius 1 is 1.20 bits per heavy atom. The first kappa shape index (κ1) is 6.62. The third-order valence-corrected chi connectivity index (χ3v) is 2.79. The van der Waals surface area contributed by atoms with Crippen molar-refractivity contribution in [3.05, 3.63) is 0 Å². The topological polar surface area (TPSA) is 23.5 Å². The van der Waals surface area contributed by atoms with E-state index in [1.807, 2.05) is 0 Å². The number of β-amino-alcohol motifs (C(OH)–C–C–N with tert-alkyl or cyclic N) is 1. The van der Waals surface area contributed by atoms with E-state index in [0.29, 0.717) is 0 Å². The normalized spacial score (nSPS) is 36.3. The number of aliphatic hydroxyl groups excluding tert-OH is 1. The Hall–Kier alpha value is -0.0800. The summed E-state index contributed by atoms with van der Waals surface area (Å²) in [5.41, 5.74) is 0. The van der Waals surface area contributed by atoms with Crippen molar-refractivity contribution in [2.24, 2.45) is 0 Å². The molecule has 0 aromatic heterocycles. The molecule has 2 fully saturated rings. The lowest BCUT2D eigenvalue weighted by Crippen LogP contribution is -2.38. The molecular weight excluding hydrogens is 126 g/mol. The van der Waals surface area contributed by atoms with Gasteiger partial charge in [-0.2, -0.15) is 0 Å². The molecule has 1 aliphatic heterocycles. The van der Waals surface area contributed by atoms with E-state index in [1.165, 1.54) is 19.3 Å². The highest BCUT2D eigenvalue weighted by molar-refractivity contribution is 4.85. The van der Waals surface area contributed by atoms with Crippen LogP contribution >= 0.6 is 0 Å². The molecule has 1 saturated carbocycles. The monoisotopic (exact) mass is 141 g/mol. The van der Waals surface area contributed by atoms with E-state index in [1.54, 1.807) is 0 Å². The molecule has 58 valence electrons. The van der Waals surface area contributed by atoms with Crippen molar-refractivity contribution in [3.8, 4) is 0 Å². The average molecular weight is 141 g/mol. The first-order chi connectivity index (χ1) is 4.86. The van der Waals surface area contributed by atoms with Gasteiger partial charge in [-0.05, 0) is 19.3 Å². The molecule has 0 spiro atoms. The smallest absolute Gasteiger partial charge is 0.0679 e. The number of hydrogen-bond acceptors (Lipinski definition) is 2. The van der Waals surface area contributed by atoms with Crippen molar-refractivity contribution >= 4 is 0 Å². The third kappa shape index (κ3) is 1.06. The van der Waals surface area contributed by atoms with E-state index in [-0.39, 0.29) is 6.10 Å². The van der Waals surface area contributed by atoms with Crippen LogP contribution in [-0.4, -0.2) is 35.2 Å². The second-order valence-electron chi connectivity index (χ2n) is 3.52. The Balaban J connectivity index is 1.82. The van der Waals surface area contributed by atoms with Crippen molar-refractivity contribution in [3.63, 3.8) is 0 Å². The van der Waals surface area contributed by atoms with Crippen LogP contribution in [0.15, 0.2) is 0 Å². The van der Waals surface area contributed by atoms with Gasteiger partial charge in [-0.25, -0.2) is 0 Å². The minimum Gasteiger partial charge on any atom is -0.392 e. The molecule has 2 aliphatic rings. The molecule has 1 N–H and O–H groups in total. The van der Waals surface area contributed by atoms with Gasteiger partial charge in [-0.3, -0.25) is 4.90 Å². The highest BCUT2D eigenvalue weighted by Gasteiger charge is 2.30. The van der Waals surface area contributed by atoms with Crippen LogP contribution < -0.4 is 0 Å². The molecule has 1 atom stereocenters. The zero-order valence-electron chi connectivity index (χ0n) is 6.29. The zero-order valence-corrected chi connectivity index (χ0v) is 6.29. The van der Waals surface area contributed by atoms with Gasteiger partial charge in [0.05, 0.1) is 6.10 Å². The second kappa shape index (κ2) is 2.51. The van der Waals surface area contributed by atoms with Crippen LogP contribution in [0.1, 0.15) is 25.7 Å². The molecule has 2 heteroatoms. The minimum absolute atomic E-state index is 0.0272. The van der Waals surface area contributed by atoms with E-state index >= 15 is 0 Å². The van der Waals surface area contributed by atoms with Gasteiger partial charge in [-0.15, -0.1) is 0 Å². The number of aliphatic hydroxyl groups is 1. The molecule has 1 saturated heterocycles. The molecule has 2 rings (SSSR count). The van der Waals surface area contributed by atoms with Crippen molar-refractivity contribution in [2.75, 3.05) is 13.1 Å². The molecule has 0 bridgehead atoms. The Morgan fingerprint density at radius 2 is 2.00 bits per heavy atom. The lowest BCUT2D eigenvalue weighted by Gasteiger charge is -2.34. The summed E-state index contributed by atoms with van der Waals surface area (Å²) in [5.74, 6) is 0. The Morgan fingerprint density at radius 3 is 2.40 bits per heavy atom. The van der Waals surface area contributed by atoms with Crippen LogP contribution in [0.2, 0.25) is 0 Å². The number of likely N-dealkylation sites (tertiary alicyclic amines) is 1. The Labute approximate surface area is 61.8 Å². The average Bonchev–Trinajstić information content (AvgIpc) is 2.10. The molecule has 0 aromatic rings. The standard InChI is InChI=1S/C8H15NO/c10-8-4-5-9(6-8)7-2-1-3-7/h7-8,10H,1-6H2/t8-/m1/s1. The lowest BCUT2D eigenvalue weighted by molar-refractivity contribution is 0.124. The van der Waals surface area contributed by atoms with Crippen LogP contribution in [0.4, 0.5) is 0 Å². The molecular formula is C8H15NO. The summed E-state index contributed by atoms with van der Waals surface area (Å²) in [4.78, 5) is 2.44. The highest BCUT2D eigenvalue weighted by atomic mass is 16.3. The predicted octanol–water partition coefficient (Wildman–Crippen LogP) is 0.606. The molecule has 2 nitrogen and oxygen atoms in total. The maximum atomic E-state index is 9.23. The zero-order chi connectivity index (χ0) is 6.97. The summed E-state index contributed by atoms with van der Waals surface area (Å²) in [6.07, 6.45) is 5.10. The largest absolute Gasteiger partial charge is 0.392 e. The lowest BCUT2D eigenvalue weighted by atomic mass is 9.92. The Bertz CT molecular complexity index is 122. The summed E-state index contributed by atoms with van der Waals surface area (Å²) in [5, 5.41) is 9.23. The Kier molecular flexibility index (Phi) is 1.66. The van der Waals surface area contributed by atoms with E-state index in [4.69, 9.17) is 0 Å². The summed E-state index contributed by atoms with van der Waals surface area (Å²) in [6.45, 7) is 2.07. The number of hydrogen-bond donors (Lipinski definition) is 1. The van der Waals surface area contributed by atoms with Gasteiger partial charge in [-0.1, -0.05) is 6.42 Å². The van der Waals surface area contributed by atoms with Gasteiger partial charge in [0.2, 0.25) is 0 Å². The van der Waals surface area contributed by atoms with Crippen LogP contribution in [-0.2, 0) is 0 Å². The maximum Gasteiger partial charge on any atom is 0.0679 e. The van der Waals surface area contributed by atoms with Crippen molar-refractivity contribution < 1.29 is 5.11 Å². The van der Waals surface area contributed by atoms with Crippen LogP contribution in [0, 0.1) is 0 Å². The van der Waals surface area contributed by atoms with Gasteiger partial charge >= 0.3 is 0 Å². The fourth-order valence-corrected chi connectivity index (χ4v) is 1.85. The predicted molar refractivity (Wildman–Crippen MR) is 39.8 cm³/mol. The second-order valence-corrected chi connectivity index (χ2v) is 3.52. The molecule has 0 unspecified atom stereocenters. The first-order valence-corrected chi connectivity index (χ1v) is 4.28. The summed E-state index contributed by atoms with van der Waals surface area (Å²) >= 11 is 0. The molecule has 10 heavy (non-hydrogen) atoms. The fourth-order valence-electron chi connectivity index (χ4n) is 1.85. The van der Waals surface area contributed by atoms with Gasteiger partial charge in [0.25, 0.3) is 0 Å². The number of rotatable bonds is 1. The van der Waals surface area contributed by atoms with E-state index < -0.39 is 0 Å². The quantitative estimate of drug-likeness (QED) is 0.578. The summed E-state index contributed by atoms with van der Waals surface area (Å²) < 4.78 is 0. The summed E-state index contributed by atoms with van der Waals surface area (Å²) in [7, 11) is 0. The molecule has 0 amide bonds. The van der Waals surface area contributed by atoms with Crippen LogP contribution in [0.25, 0.3) is 0 Å². The minimum atomic E-state index is -0.0272. The van der Waals surface area contributed by atoms with E-state index in [0.717, 1.165) is 25.6 Å². The molecule has 0 aromatic carbocycles. The van der Waals surface area contributed by atoms with Crippen molar-refractivity contribution in [1.82, 2.24) is 4.90 Å². The third-order valence-electron chi connectivity index (χ3n) is 2.79. The first-order valence-electron chi connectivity index (χ1n) is 4.28. The van der Waals surface area contributed by atoms with Gasteiger partial charge in [0.15, 0.2) is 0 Å². The van der Waals surface area contributed by atoms with Gasteiger partial charge in [0.1, 0.15) is 0 Å². The number of nitrogens with zero attached hydrogens (tertiary/aromatic N) is 1. The SMILES string of the molecule is O[C@@H]1CCN(C2CCC2)C1. The van der Waals surface area contributed by atoms with Crippen LogP contribution in [0.3, 0.4) is 0 Å². The van der Waals surface area contributed by atoms with E-state index in [2.05, 4.69) is 4.90 Å². The van der Waals surface area contributed by atoms with Gasteiger partial charge < -0.3 is 5.11 Å².